The Kier molecular flexibility index (Phi) is 4.24. The van der Waals surface area contributed by atoms with Crippen LogP contribution in [0.3, 0.4) is 0 Å². The maximum Gasteiger partial charge on any atom is 0.307 e. The zero-order valence-electron chi connectivity index (χ0n) is 11.1. The third-order valence-electron chi connectivity index (χ3n) is 3.78. The lowest BCUT2D eigenvalue weighted by Crippen LogP contribution is -2.36. The Morgan fingerprint density at radius 3 is 2.68 bits per heavy atom. The van der Waals surface area contributed by atoms with Gasteiger partial charge >= 0.3 is 5.97 Å². The number of carboxylic acids is 1. The summed E-state index contributed by atoms with van der Waals surface area (Å²) in [5.41, 5.74) is 0. The average Bonchev–Trinajstić information content (AvgIpc) is 2.96. The van der Waals surface area contributed by atoms with Gasteiger partial charge in [0.2, 0.25) is 5.91 Å². The van der Waals surface area contributed by atoms with Gasteiger partial charge in [0.15, 0.2) is 0 Å². The molecule has 1 aliphatic rings. The highest BCUT2D eigenvalue weighted by molar-refractivity contribution is 7.10. The molecule has 1 amide bonds. The normalized spacial score (nSPS) is 28.0. The third kappa shape index (κ3) is 3.15. The van der Waals surface area contributed by atoms with Crippen molar-refractivity contribution in [2.45, 2.75) is 32.7 Å². The standard InChI is InChI=1S/C14H19NO3S/c1-8-6-10(11(7-8)14(17)18)13(16)15-9(2)12-4-3-5-19-12/h3-5,8-11H,6-7H2,1-2H3,(H,15,16)(H,17,18)/t8?,9-,10?,11?/m0/s1. The molecule has 104 valence electrons. The molecule has 0 aromatic carbocycles. The molecule has 1 heterocycles. The number of rotatable bonds is 4. The van der Waals surface area contributed by atoms with E-state index in [2.05, 4.69) is 5.32 Å². The first-order chi connectivity index (χ1) is 8.99. The quantitative estimate of drug-likeness (QED) is 0.891. The van der Waals surface area contributed by atoms with Gasteiger partial charge in [0.25, 0.3) is 0 Å². The summed E-state index contributed by atoms with van der Waals surface area (Å²) in [4.78, 5) is 24.5. The average molecular weight is 281 g/mol. The van der Waals surface area contributed by atoms with Crippen LogP contribution in [0.2, 0.25) is 0 Å². The van der Waals surface area contributed by atoms with E-state index in [1.54, 1.807) is 11.3 Å². The molecule has 1 saturated carbocycles. The zero-order chi connectivity index (χ0) is 14.0. The van der Waals surface area contributed by atoms with Crippen LogP contribution in [-0.4, -0.2) is 17.0 Å². The molecule has 0 bridgehead atoms. The van der Waals surface area contributed by atoms with Crippen LogP contribution < -0.4 is 5.32 Å². The molecule has 1 fully saturated rings. The SMILES string of the molecule is CC1CC(C(=O)O)C(C(=O)N[C@@H](C)c2cccs2)C1. The summed E-state index contributed by atoms with van der Waals surface area (Å²) in [6.07, 6.45) is 1.26. The number of carbonyl (C=O) groups is 2. The first kappa shape index (κ1) is 14.1. The fourth-order valence-corrected chi connectivity index (χ4v) is 3.52. The van der Waals surface area contributed by atoms with E-state index in [-0.39, 0.29) is 11.9 Å². The van der Waals surface area contributed by atoms with Crippen LogP contribution in [0.4, 0.5) is 0 Å². The molecule has 19 heavy (non-hydrogen) atoms. The van der Waals surface area contributed by atoms with Crippen LogP contribution in [0.5, 0.6) is 0 Å². The summed E-state index contributed by atoms with van der Waals surface area (Å²) in [7, 11) is 0. The van der Waals surface area contributed by atoms with Crippen molar-refractivity contribution in [2.75, 3.05) is 0 Å². The summed E-state index contributed by atoms with van der Waals surface area (Å²) in [5, 5.41) is 14.1. The van der Waals surface area contributed by atoms with E-state index in [1.165, 1.54) is 0 Å². The number of hydrogen-bond donors (Lipinski definition) is 2. The van der Waals surface area contributed by atoms with Crippen molar-refractivity contribution in [1.29, 1.82) is 0 Å². The Bertz CT molecular complexity index is 457. The molecule has 1 aromatic rings. The molecule has 5 heteroatoms. The number of carbonyl (C=O) groups excluding carboxylic acids is 1. The van der Waals surface area contributed by atoms with Gasteiger partial charge in [-0.1, -0.05) is 13.0 Å². The van der Waals surface area contributed by atoms with Crippen molar-refractivity contribution in [2.24, 2.45) is 17.8 Å². The van der Waals surface area contributed by atoms with Crippen LogP contribution >= 0.6 is 11.3 Å². The van der Waals surface area contributed by atoms with Gasteiger partial charge in [-0.3, -0.25) is 9.59 Å². The molecule has 0 aliphatic heterocycles. The van der Waals surface area contributed by atoms with Crippen LogP contribution in [0, 0.1) is 17.8 Å². The minimum absolute atomic E-state index is 0.0575. The molecule has 2 N–H and O–H groups in total. The smallest absolute Gasteiger partial charge is 0.307 e. The largest absolute Gasteiger partial charge is 0.481 e. The van der Waals surface area contributed by atoms with Gasteiger partial charge in [0.1, 0.15) is 0 Å². The Morgan fingerprint density at radius 2 is 2.11 bits per heavy atom. The summed E-state index contributed by atoms with van der Waals surface area (Å²) in [5.74, 6) is -1.61. The van der Waals surface area contributed by atoms with Gasteiger partial charge in [-0.05, 0) is 37.1 Å². The zero-order valence-corrected chi connectivity index (χ0v) is 11.9. The van der Waals surface area contributed by atoms with Crippen molar-refractivity contribution in [3.8, 4) is 0 Å². The number of nitrogens with one attached hydrogen (secondary N) is 1. The highest BCUT2D eigenvalue weighted by Crippen LogP contribution is 2.37. The highest BCUT2D eigenvalue weighted by atomic mass is 32.1. The Balaban J connectivity index is 2.01. The van der Waals surface area contributed by atoms with E-state index in [1.807, 2.05) is 31.4 Å². The number of thiophene rings is 1. The molecule has 4 atom stereocenters. The van der Waals surface area contributed by atoms with Crippen molar-refractivity contribution in [3.63, 3.8) is 0 Å². The topological polar surface area (TPSA) is 66.4 Å². The number of amides is 1. The van der Waals surface area contributed by atoms with Crippen molar-refractivity contribution in [1.82, 2.24) is 5.32 Å². The second-order valence-electron chi connectivity index (χ2n) is 5.37. The van der Waals surface area contributed by atoms with Crippen molar-refractivity contribution >= 4 is 23.2 Å². The van der Waals surface area contributed by atoms with Gasteiger partial charge in [-0.2, -0.15) is 0 Å². The molecule has 2 rings (SSSR count). The van der Waals surface area contributed by atoms with E-state index in [4.69, 9.17) is 0 Å². The lowest BCUT2D eigenvalue weighted by molar-refractivity contribution is -0.146. The number of aliphatic carboxylic acids is 1. The molecule has 1 aromatic heterocycles. The fourth-order valence-electron chi connectivity index (χ4n) is 2.78. The summed E-state index contributed by atoms with van der Waals surface area (Å²) >= 11 is 1.59. The van der Waals surface area contributed by atoms with Gasteiger partial charge in [-0.25, -0.2) is 0 Å². The molecule has 4 nitrogen and oxygen atoms in total. The predicted octanol–water partition coefficient (Wildman–Crippen LogP) is 2.67. The Hall–Kier alpha value is -1.36. The lowest BCUT2D eigenvalue weighted by Gasteiger charge is -2.19. The molecule has 3 unspecified atom stereocenters. The van der Waals surface area contributed by atoms with E-state index in [9.17, 15) is 14.7 Å². The molecule has 0 spiro atoms. The predicted molar refractivity (Wildman–Crippen MR) is 73.9 cm³/mol. The first-order valence-corrected chi connectivity index (χ1v) is 7.43. The lowest BCUT2D eigenvalue weighted by atomic mass is 9.95. The maximum atomic E-state index is 12.2. The van der Waals surface area contributed by atoms with Crippen LogP contribution in [-0.2, 0) is 9.59 Å². The second-order valence-corrected chi connectivity index (χ2v) is 6.35. The maximum absolute atomic E-state index is 12.2. The second kappa shape index (κ2) is 5.74. The number of hydrogen-bond acceptors (Lipinski definition) is 3. The summed E-state index contributed by atoms with van der Waals surface area (Å²) in [6.45, 7) is 3.93. The van der Waals surface area contributed by atoms with Gasteiger partial charge in [0.05, 0.1) is 17.9 Å². The first-order valence-electron chi connectivity index (χ1n) is 6.55. The van der Waals surface area contributed by atoms with Crippen LogP contribution in [0.15, 0.2) is 17.5 Å². The van der Waals surface area contributed by atoms with Crippen molar-refractivity contribution < 1.29 is 14.7 Å². The fraction of sp³-hybridized carbons (Fsp3) is 0.571. The van der Waals surface area contributed by atoms with Crippen LogP contribution in [0.1, 0.15) is 37.6 Å². The minimum Gasteiger partial charge on any atom is -0.481 e. The highest BCUT2D eigenvalue weighted by Gasteiger charge is 2.41. The van der Waals surface area contributed by atoms with Crippen LogP contribution in [0.25, 0.3) is 0 Å². The molecule has 1 aliphatic carbocycles. The van der Waals surface area contributed by atoms with Gasteiger partial charge in [-0.15, -0.1) is 11.3 Å². The molecular weight excluding hydrogens is 262 g/mol. The van der Waals surface area contributed by atoms with Gasteiger partial charge < -0.3 is 10.4 Å². The van der Waals surface area contributed by atoms with E-state index >= 15 is 0 Å². The molecule has 0 saturated heterocycles. The summed E-state index contributed by atoms with van der Waals surface area (Å²) < 4.78 is 0. The number of carboxylic acid groups (broad SMARTS) is 1. The van der Waals surface area contributed by atoms with Crippen molar-refractivity contribution in [3.05, 3.63) is 22.4 Å². The van der Waals surface area contributed by atoms with Gasteiger partial charge in [0, 0.05) is 4.88 Å². The Labute approximate surface area is 116 Å². The van der Waals surface area contributed by atoms with E-state index < -0.39 is 17.8 Å². The molecular formula is C14H19NO3S. The molecule has 0 radical (unpaired) electrons. The monoisotopic (exact) mass is 281 g/mol. The van der Waals surface area contributed by atoms with E-state index in [0.717, 1.165) is 4.88 Å². The third-order valence-corrected chi connectivity index (χ3v) is 4.84. The van der Waals surface area contributed by atoms with E-state index in [0.29, 0.717) is 18.8 Å². The Morgan fingerprint density at radius 1 is 1.42 bits per heavy atom. The summed E-state index contributed by atoms with van der Waals surface area (Å²) in [6, 6.07) is 3.86. The minimum atomic E-state index is -0.853.